The van der Waals surface area contributed by atoms with E-state index in [4.69, 9.17) is 0 Å². The summed E-state index contributed by atoms with van der Waals surface area (Å²) in [5.41, 5.74) is 2.87. The average molecular weight is 253 g/mol. The van der Waals surface area contributed by atoms with Crippen LogP contribution in [-0.2, 0) is 6.42 Å². The van der Waals surface area contributed by atoms with Gasteiger partial charge in [-0.25, -0.2) is 0 Å². The Morgan fingerprint density at radius 1 is 0.889 bits per heavy atom. The second-order valence-corrected chi connectivity index (χ2v) is 7.48. The molecule has 0 bridgehead atoms. The molecular weight excluding hydrogens is 232 g/mol. The Balaban J connectivity index is 2.36. The van der Waals surface area contributed by atoms with Crippen molar-refractivity contribution >= 4 is 19.2 Å². The molecule has 0 aromatic heterocycles. The molecule has 2 aromatic carbocycles. The lowest BCUT2D eigenvalue weighted by Gasteiger charge is -2.16. The number of benzene rings is 2. The maximum Gasteiger partial charge on any atom is 0.121 e. The van der Waals surface area contributed by atoms with Gasteiger partial charge in [0, 0.05) is 0 Å². The van der Waals surface area contributed by atoms with Crippen LogP contribution in [0.1, 0.15) is 25.0 Å². The summed E-state index contributed by atoms with van der Waals surface area (Å²) < 4.78 is 0. The van der Waals surface area contributed by atoms with Crippen LogP contribution < -0.4 is 10.4 Å². The minimum Gasteiger partial charge on any atom is -0.0673 e. The molecule has 0 saturated carbocycles. The Morgan fingerprint density at radius 2 is 1.56 bits per heavy atom. The molecule has 0 spiro atoms. The monoisotopic (exact) mass is 253 g/mol. The van der Waals surface area contributed by atoms with Crippen LogP contribution in [0.4, 0.5) is 0 Å². The molecule has 0 aliphatic rings. The average Bonchev–Trinajstić information content (AvgIpc) is 2.42. The first-order valence-corrected chi connectivity index (χ1v) is 8.48. The van der Waals surface area contributed by atoms with E-state index in [9.17, 15) is 0 Å². The van der Waals surface area contributed by atoms with Crippen molar-refractivity contribution in [3.05, 3.63) is 59.7 Å². The highest BCUT2D eigenvalue weighted by atomic mass is 28.3. The van der Waals surface area contributed by atoms with Gasteiger partial charge in [-0.15, -0.1) is 0 Å². The van der Waals surface area contributed by atoms with Crippen molar-refractivity contribution in [3.8, 4) is 0 Å². The topological polar surface area (TPSA) is 0 Å². The summed E-state index contributed by atoms with van der Waals surface area (Å²) in [6.07, 6.45) is 1.12. The fourth-order valence-electron chi connectivity index (χ4n) is 2.40. The van der Waals surface area contributed by atoms with Crippen molar-refractivity contribution in [2.75, 3.05) is 0 Å². The summed E-state index contributed by atoms with van der Waals surface area (Å²) in [7, 11) is -0.594. The zero-order valence-corrected chi connectivity index (χ0v) is 12.5. The Bertz CT molecular complexity index is 499. The van der Waals surface area contributed by atoms with E-state index in [1.165, 1.54) is 22.4 Å². The van der Waals surface area contributed by atoms with Crippen LogP contribution in [0.25, 0.3) is 0 Å². The van der Waals surface area contributed by atoms with Gasteiger partial charge in [0.25, 0.3) is 0 Å². The molecular formula is C17H21Si. The van der Waals surface area contributed by atoms with E-state index >= 15 is 0 Å². The summed E-state index contributed by atoms with van der Waals surface area (Å²) >= 11 is 0. The second kappa shape index (κ2) is 6.01. The standard InChI is InChI=1S/C17H21Si/c1-4-15-10-12-16(13-11-15)18(5-2)17-9-7-6-8-14(17)3/h6-13H,4-5H2,1-3H3. The Morgan fingerprint density at radius 3 is 2.11 bits per heavy atom. The van der Waals surface area contributed by atoms with Crippen LogP contribution in [0.15, 0.2) is 48.5 Å². The normalized spacial score (nSPS) is 10.9. The molecule has 0 aliphatic heterocycles. The predicted molar refractivity (Wildman–Crippen MR) is 82.5 cm³/mol. The van der Waals surface area contributed by atoms with Gasteiger partial charge in [-0.3, -0.25) is 0 Å². The largest absolute Gasteiger partial charge is 0.121 e. The molecule has 0 unspecified atom stereocenters. The molecule has 0 saturated heterocycles. The van der Waals surface area contributed by atoms with E-state index in [2.05, 4.69) is 69.3 Å². The van der Waals surface area contributed by atoms with Gasteiger partial charge < -0.3 is 0 Å². The summed E-state index contributed by atoms with van der Waals surface area (Å²) in [5, 5.41) is 3.10. The SMILES string of the molecule is CCc1ccc([Si](CC)c2ccccc2C)cc1. The van der Waals surface area contributed by atoms with E-state index < -0.39 is 8.80 Å². The smallest absolute Gasteiger partial charge is 0.0673 e. The van der Waals surface area contributed by atoms with Gasteiger partial charge in [-0.2, -0.15) is 0 Å². The number of hydrogen-bond donors (Lipinski definition) is 0. The Hall–Kier alpha value is -1.34. The van der Waals surface area contributed by atoms with Crippen LogP contribution in [0, 0.1) is 6.92 Å². The van der Waals surface area contributed by atoms with Gasteiger partial charge in [-0.1, -0.05) is 84.4 Å². The van der Waals surface area contributed by atoms with Crippen molar-refractivity contribution in [1.29, 1.82) is 0 Å². The molecule has 0 fully saturated rings. The molecule has 18 heavy (non-hydrogen) atoms. The highest BCUT2D eigenvalue weighted by molar-refractivity contribution is 6.85. The van der Waals surface area contributed by atoms with E-state index in [1.54, 1.807) is 5.19 Å². The zero-order chi connectivity index (χ0) is 13.0. The molecule has 2 aromatic rings. The van der Waals surface area contributed by atoms with Gasteiger partial charge in [0.15, 0.2) is 0 Å². The first kappa shape index (κ1) is 13.1. The quantitative estimate of drug-likeness (QED) is 0.734. The van der Waals surface area contributed by atoms with Crippen LogP contribution in [-0.4, -0.2) is 8.80 Å². The van der Waals surface area contributed by atoms with Crippen LogP contribution in [0.3, 0.4) is 0 Å². The lowest BCUT2D eigenvalue weighted by atomic mass is 10.2. The van der Waals surface area contributed by atoms with Gasteiger partial charge >= 0.3 is 0 Å². The van der Waals surface area contributed by atoms with E-state index in [1.807, 2.05) is 0 Å². The molecule has 0 aliphatic carbocycles. The number of aryl methyl sites for hydroxylation is 2. The second-order valence-electron chi connectivity index (χ2n) is 4.70. The predicted octanol–water partition coefficient (Wildman–Crippen LogP) is 3.19. The van der Waals surface area contributed by atoms with Crippen LogP contribution in [0.5, 0.6) is 0 Å². The third-order valence-electron chi connectivity index (χ3n) is 3.53. The third kappa shape index (κ3) is 2.73. The minimum absolute atomic E-state index is 0.594. The lowest BCUT2D eigenvalue weighted by Crippen LogP contribution is -2.42. The van der Waals surface area contributed by atoms with Crippen molar-refractivity contribution in [2.24, 2.45) is 0 Å². The van der Waals surface area contributed by atoms with Crippen molar-refractivity contribution in [1.82, 2.24) is 0 Å². The van der Waals surface area contributed by atoms with Gasteiger partial charge in [0.05, 0.1) is 0 Å². The summed E-state index contributed by atoms with van der Waals surface area (Å²) in [6.45, 7) is 6.76. The molecule has 0 amide bonds. The molecule has 2 rings (SSSR count). The van der Waals surface area contributed by atoms with Crippen LogP contribution in [0.2, 0.25) is 6.04 Å². The summed E-state index contributed by atoms with van der Waals surface area (Å²) in [5.74, 6) is 0. The van der Waals surface area contributed by atoms with Gasteiger partial charge in [0.1, 0.15) is 8.80 Å². The fraction of sp³-hybridized carbons (Fsp3) is 0.294. The zero-order valence-electron chi connectivity index (χ0n) is 11.5. The number of rotatable bonds is 4. The van der Waals surface area contributed by atoms with Crippen molar-refractivity contribution in [2.45, 2.75) is 33.2 Å². The summed E-state index contributed by atoms with van der Waals surface area (Å²) in [4.78, 5) is 0. The van der Waals surface area contributed by atoms with Gasteiger partial charge in [-0.05, 0) is 18.9 Å². The van der Waals surface area contributed by atoms with E-state index in [0.29, 0.717) is 0 Å². The highest BCUT2D eigenvalue weighted by Crippen LogP contribution is 2.04. The fourth-order valence-corrected chi connectivity index (χ4v) is 4.93. The van der Waals surface area contributed by atoms with E-state index in [0.717, 1.165) is 6.42 Å². The maximum atomic E-state index is 2.34. The number of hydrogen-bond acceptors (Lipinski definition) is 0. The maximum absolute atomic E-state index is 2.34. The Labute approximate surface area is 112 Å². The van der Waals surface area contributed by atoms with E-state index in [-0.39, 0.29) is 0 Å². The van der Waals surface area contributed by atoms with Crippen molar-refractivity contribution < 1.29 is 0 Å². The molecule has 1 heteroatoms. The molecule has 0 heterocycles. The molecule has 0 N–H and O–H groups in total. The van der Waals surface area contributed by atoms with Crippen LogP contribution >= 0.6 is 0 Å². The molecule has 1 radical (unpaired) electrons. The first-order chi connectivity index (χ1) is 8.76. The molecule has 0 atom stereocenters. The third-order valence-corrected chi connectivity index (χ3v) is 6.48. The first-order valence-electron chi connectivity index (χ1n) is 6.77. The van der Waals surface area contributed by atoms with Gasteiger partial charge in [0.2, 0.25) is 0 Å². The minimum atomic E-state index is -0.594. The lowest BCUT2D eigenvalue weighted by molar-refractivity contribution is 1.14. The Kier molecular flexibility index (Phi) is 4.37. The molecule has 93 valence electrons. The highest BCUT2D eigenvalue weighted by Gasteiger charge is 2.16. The summed E-state index contributed by atoms with van der Waals surface area (Å²) in [6, 6.07) is 19.3. The molecule has 0 nitrogen and oxygen atoms in total. The van der Waals surface area contributed by atoms with Crippen molar-refractivity contribution in [3.63, 3.8) is 0 Å².